The predicted octanol–water partition coefficient (Wildman–Crippen LogP) is 2.69. The minimum absolute atomic E-state index is 0.0249. The second kappa shape index (κ2) is 6.00. The van der Waals surface area contributed by atoms with Crippen LogP contribution in [0.1, 0.15) is 40.4 Å². The number of carbonyl (C=O) groups is 2. The summed E-state index contributed by atoms with van der Waals surface area (Å²) in [5.74, 6) is -0.959. The van der Waals surface area contributed by atoms with Crippen LogP contribution in [0.3, 0.4) is 0 Å². The average molecular weight is 269 g/mol. The van der Waals surface area contributed by atoms with Crippen LogP contribution in [-0.2, 0) is 4.79 Å². The Balaban J connectivity index is 2.88. The summed E-state index contributed by atoms with van der Waals surface area (Å²) in [5, 5.41) is 8.79. The maximum atomic E-state index is 12.3. The van der Waals surface area contributed by atoms with Gasteiger partial charge >= 0.3 is 5.97 Å². The largest absolute Gasteiger partial charge is 0.481 e. The molecule has 18 heavy (non-hydrogen) atoms. The number of hydrogen-bond donors (Lipinski definition) is 1. The van der Waals surface area contributed by atoms with Crippen LogP contribution in [0.25, 0.3) is 0 Å². The summed E-state index contributed by atoms with van der Waals surface area (Å²) in [6, 6.07) is 1.58. The van der Waals surface area contributed by atoms with E-state index in [2.05, 4.69) is 0 Å². The first-order valence-corrected chi connectivity index (χ1v) is 6.78. The Bertz CT molecular complexity index is 434. The molecule has 1 aromatic rings. The molecule has 1 amide bonds. The fourth-order valence-corrected chi connectivity index (χ4v) is 2.83. The third kappa shape index (κ3) is 3.32. The minimum Gasteiger partial charge on any atom is -0.481 e. The number of hydrogen-bond acceptors (Lipinski definition) is 3. The van der Waals surface area contributed by atoms with Crippen molar-refractivity contribution in [2.45, 2.75) is 40.2 Å². The summed E-state index contributed by atoms with van der Waals surface area (Å²) in [7, 11) is 0. The van der Waals surface area contributed by atoms with Crippen LogP contribution >= 0.6 is 11.3 Å². The van der Waals surface area contributed by atoms with Gasteiger partial charge in [-0.2, -0.15) is 0 Å². The summed E-state index contributed by atoms with van der Waals surface area (Å²) in [6.07, 6.45) is -0.0249. The zero-order chi connectivity index (χ0) is 13.9. The molecule has 0 spiro atoms. The number of nitrogens with zero attached hydrogens (tertiary/aromatic N) is 1. The van der Waals surface area contributed by atoms with Crippen molar-refractivity contribution in [1.29, 1.82) is 0 Å². The van der Waals surface area contributed by atoms with Crippen molar-refractivity contribution in [3.05, 3.63) is 21.4 Å². The van der Waals surface area contributed by atoms with Crippen LogP contribution in [0.5, 0.6) is 0 Å². The van der Waals surface area contributed by atoms with Gasteiger partial charge < -0.3 is 10.0 Å². The standard InChI is InChI=1S/C13H19NO3S/c1-5-14(9(3)7-12(15)16)13(17)11-6-8(2)10(4)18-11/h6,9H,5,7H2,1-4H3,(H,15,16). The fraction of sp³-hybridized carbons (Fsp3) is 0.538. The molecule has 0 aliphatic carbocycles. The van der Waals surface area contributed by atoms with E-state index in [0.29, 0.717) is 11.4 Å². The first-order valence-electron chi connectivity index (χ1n) is 5.96. The van der Waals surface area contributed by atoms with Crippen molar-refractivity contribution < 1.29 is 14.7 Å². The lowest BCUT2D eigenvalue weighted by molar-refractivity contribution is -0.138. The van der Waals surface area contributed by atoms with Crippen molar-refractivity contribution in [1.82, 2.24) is 4.90 Å². The van der Waals surface area contributed by atoms with Gasteiger partial charge in [0.15, 0.2) is 0 Å². The number of thiophene rings is 1. The average Bonchev–Trinajstić information content (AvgIpc) is 2.59. The quantitative estimate of drug-likeness (QED) is 0.894. The molecule has 1 rings (SSSR count). The Morgan fingerprint density at radius 2 is 2.06 bits per heavy atom. The second-order valence-corrected chi connectivity index (χ2v) is 5.64. The van der Waals surface area contributed by atoms with E-state index in [4.69, 9.17) is 5.11 Å². The first-order chi connectivity index (χ1) is 8.36. The molecule has 1 aromatic heterocycles. The number of aryl methyl sites for hydroxylation is 2. The van der Waals surface area contributed by atoms with Crippen molar-refractivity contribution in [2.75, 3.05) is 6.54 Å². The van der Waals surface area contributed by atoms with E-state index in [0.717, 1.165) is 10.4 Å². The second-order valence-electron chi connectivity index (χ2n) is 4.39. The molecular weight excluding hydrogens is 250 g/mol. The zero-order valence-electron chi connectivity index (χ0n) is 11.2. The van der Waals surface area contributed by atoms with Crippen LogP contribution in [0.4, 0.5) is 0 Å². The van der Waals surface area contributed by atoms with Gasteiger partial charge in [-0.25, -0.2) is 0 Å². The highest BCUT2D eigenvalue weighted by atomic mass is 32.1. The van der Waals surface area contributed by atoms with Crippen LogP contribution < -0.4 is 0 Å². The van der Waals surface area contributed by atoms with Crippen LogP contribution in [0.2, 0.25) is 0 Å². The molecule has 100 valence electrons. The highest BCUT2D eigenvalue weighted by Crippen LogP contribution is 2.23. The maximum Gasteiger partial charge on any atom is 0.305 e. The number of amides is 1. The van der Waals surface area contributed by atoms with Crippen molar-refractivity contribution in [3.63, 3.8) is 0 Å². The molecule has 0 aromatic carbocycles. The number of carbonyl (C=O) groups excluding carboxylic acids is 1. The summed E-state index contributed by atoms with van der Waals surface area (Å²) in [4.78, 5) is 26.4. The molecule has 0 saturated heterocycles. The van der Waals surface area contributed by atoms with Crippen molar-refractivity contribution in [3.8, 4) is 0 Å². The molecule has 1 unspecified atom stereocenters. The molecule has 1 heterocycles. The Kier molecular flexibility index (Phi) is 4.90. The Morgan fingerprint density at radius 1 is 1.44 bits per heavy atom. The predicted molar refractivity (Wildman–Crippen MR) is 72.2 cm³/mol. The lowest BCUT2D eigenvalue weighted by atomic mass is 10.2. The lowest BCUT2D eigenvalue weighted by Crippen LogP contribution is -2.39. The van der Waals surface area contributed by atoms with Gasteiger partial charge in [0.1, 0.15) is 0 Å². The topological polar surface area (TPSA) is 57.6 Å². The third-order valence-corrected chi connectivity index (χ3v) is 4.12. The number of rotatable bonds is 5. The SMILES string of the molecule is CCN(C(=O)c1cc(C)c(C)s1)C(C)CC(=O)O. The summed E-state index contributed by atoms with van der Waals surface area (Å²) < 4.78 is 0. The molecule has 0 saturated carbocycles. The van der Waals surface area contributed by atoms with Crippen LogP contribution in [0, 0.1) is 13.8 Å². The van der Waals surface area contributed by atoms with Crippen molar-refractivity contribution in [2.24, 2.45) is 0 Å². The molecule has 1 atom stereocenters. The maximum absolute atomic E-state index is 12.3. The summed E-state index contributed by atoms with van der Waals surface area (Å²) >= 11 is 1.46. The number of carboxylic acids is 1. The normalized spacial score (nSPS) is 12.2. The molecule has 0 radical (unpaired) electrons. The monoisotopic (exact) mass is 269 g/mol. The summed E-state index contributed by atoms with van der Waals surface area (Å²) in [5.41, 5.74) is 1.10. The zero-order valence-corrected chi connectivity index (χ0v) is 12.0. The summed E-state index contributed by atoms with van der Waals surface area (Å²) in [6.45, 7) is 8.10. The van der Waals surface area contributed by atoms with Gasteiger partial charge in [-0.05, 0) is 39.3 Å². The van der Waals surface area contributed by atoms with Gasteiger partial charge in [0.05, 0.1) is 11.3 Å². The lowest BCUT2D eigenvalue weighted by Gasteiger charge is -2.26. The van der Waals surface area contributed by atoms with E-state index in [1.165, 1.54) is 11.3 Å². The molecule has 1 N–H and O–H groups in total. The van der Waals surface area contributed by atoms with E-state index < -0.39 is 5.97 Å². The fourth-order valence-electron chi connectivity index (χ4n) is 1.84. The van der Waals surface area contributed by atoms with Gasteiger partial charge in [-0.1, -0.05) is 0 Å². The number of aliphatic carboxylic acids is 1. The molecule has 5 heteroatoms. The van der Waals surface area contributed by atoms with Gasteiger partial charge in [-0.3, -0.25) is 9.59 Å². The van der Waals surface area contributed by atoms with Gasteiger partial charge in [0.25, 0.3) is 5.91 Å². The Hall–Kier alpha value is -1.36. The molecule has 4 nitrogen and oxygen atoms in total. The van der Waals surface area contributed by atoms with E-state index in [1.54, 1.807) is 11.8 Å². The highest BCUT2D eigenvalue weighted by molar-refractivity contribution is 7.14. The van der Waals surface area contributed by atoms with Gasteiger partial charge in [0.2, 0.25) is 0 Å². The molecule has 0 aliphatic heterocycles. The Morgan fingerprint density at radius 3 is 2.44 bits per heavy atom. The van der Waals surface area contributed by atoms with E-state index in [9.17, 15) is 9.59 Å². The van der Waals surface area contributed by atoms with E-state index in [-0.39, 0.29) is 18.4 Å². The van der Waals surface area contributed by atoms with Crippen LogP contribution in [-0.4, -0.2) is 34.5 Å². The van der Waals surface area contributed by atoms with E-state index >= 15 is 0 Å². The smallest absolute Gasteiger partial charge is 0.305 e. The molecular formula is C13H19NO3S. The van der Waals surface area contributed by atoms with Gasteiger partial charge in [-0.15, -0.1) is 11.3 Å². The van der Waals surface area contributed by atoms with Crippen LogP contribution in [0.15, 0.2) is 6.07 Å². The Labute approximate surface area is 111 Å². The van der Waals surface area contributed by atoms with E-state index in [1.807, 2.05) is 26.8 Å². The van der Waals surface area contributed by atoms with Crippen molar-refractivity contribution >= 4 is 23.2 Å². The number of carboxylic acid groups (broad SMARTS) is 1. The first kappa shape index (κ1) is 14.7. The molecule has 0 fully saturated rings. The highest BCUT2D eigenvalue weighted by Gasteiger charge is 2.23. The minimum atomic E-state index is -0.882. The molecule has 0 bridgehead atoms. The van der Waals surface area contributed by atoms with Gasteiger partial charge in [0, 0.05) is 17.5 Å². The third-order valence-electron chi connectivity index (χ3n) is 2.98. The molecule has 0 aliphatic rings.